The average molecular weight is 352 g/mol. The minimum Gasteiger partial charge on any atom is -0.357 e. The van der Waals surface area contributed by atoms with Crippen LogP contribution in [0.1, 0.15) is 43.0 Å². The van der Waals surface area contributed by atoms with Crippen LogP contribution in [-0.2, 0) is 4.79 Å². The molecule has 0 radical (unpaired) electrons. The summed E-state index contributed by atoms with van der Waals surface area (Å²) in [5.41, 5.74) is 1.77. The van der Waals surface area contributed by atoms with Crippen LogP contribution in [-0.4, -0.2) is 29.9 Å². The number of carbonyl (C=O) groups excluding carboxylic acids is 2. The Kier molecular flexibility index (Phi) is 5.84. The molecule has 0 spiro atoms. The number of anilines is 3. The van der Waals surface area contributed by atoms with Crippen LogP contribution in [0.3, 0.4) is 0 Å². The van der Waals surface area contributed by atoms with Gasteiger partial charge in [0.2, 0.25) is 5.91 Å². The second-order valence-corrected chi connectivity index (χ2v) is 6.52. The normalized spacial score (nSPS) is 14.4. The van der Waals surface area contributed by atoms with E-state index in [0.29, 0.717) is 16.9 Å². The van der Waals surface area contributed by atoms with E-state index in [4.69, 9.17) is 0 Å². The molecule has 1 fully saturated rings. The molecule has 0 atom stereocenters. The van der Waals surface area contributed by atoms with E-state index in [9.17, 15) is 9.59 Å². The summed E-state index contributed by atoms with van der Waals surface area (Å²) < 4.78 is 0. The summed E-state index contributed by atoms with van der Waals surface area (Å²) >= 11 is 0. The van der Waals surface area contributed by atoms with E-state index in [1.807, 2.05) is 6.07 Å². The molecule has 0 unspecified atom stereocenters. The second kappa shape index (κ2) is 8.47. The van der Waals surface area contributed by atoms with Crippen LogP contribution < -0.4 is 15.5 Å². The van der Waals surface area contributed by atoms with Gasteiger partial charge in [-0.1, -0.05) is 18.9 Å². The maximum atomic E-state index is 12.4. The third-order valence-electron chi connectivity index (χ3n) is 4.38. The van der Waals surface area contributed by atoms with Gasteiger partial charge in [0.15, 0.2) is 0 Å². The molecule has 1 aromatic heterocycles. The fraction of sp³-hybridized carbons (Fsp3) is 0.350. The van der Waals surface area contributed by atoms with E-state index in [1.165, 1.54) is 32.6 Å². The van der Waals surface area contributed by atoms with Crippen LogP contribution in [0.4, 0.5) is 17.2 Å². The van der Waals surface area contributed by atoms with Crippen molar-refractivity contribution in [1.82, 2.24) is 4.98 Å². The topological polar surface area (TPSA) is 74.3 Å². The fourth-order valence-electron chi connectivity index (χ4n) is 3.09. The molecule has 136 valence electrons. The van der Waals surface area contributed by atoms with Gasteiger partial charge >= 0.3 is 0 Å². The van der Waals surface area contributed by atoms with Crippen molar-refractivity contribution in [3.63, 3.8) is 0 Å². The first kappa shape index (κ1) is 17.9. The highest BCUT2D eigenvalue weighted by molar-refractivity contribution is 6.04. The lowest BCUT2D eigenvalue weighted by molar-refractivity contribution is -0.114. The van der Waals surface area contributed by atoms with Crippen molar-refractivity contribution in [2.75, 3.05) is 28.6 Å². The van der Waals surface area contributed by atoms with Crippen LogP contribution in [0.25, 0.3) is 0 Å². The lowest BCUT2D eigenvalue weighted by Crippen LogP contribution is -2.25. The zero-order valence-corrected chi connectivity index (χ0v) is 15.0. The van der Waals surface area contributed by atoms with E-state index in [2.05, 4.69) is 20.5 Å². The van der Waals surface area contributed by atoms with Gasteiger partial charge in [-0.3, -0.25) is 9.59 Å². The number of amides is 2. The third-order valence-corrected chi connectivity index (χ3v) is 4.38. The predicted octanol–water partition coefficient (Wildman–Crippen LogP) is 3.67. The molecule has 1 aliphatic heterocycles. The van der Waals surface area contributed by atoms with Gasteiger partial charge < -0.3 is 15.5 Å². The zero-order chi connectivity index (χ0) is 18.4. The number of carbonyl (C=O) groups is 2. The molecule has 3 rings (SSSR count). The smallest absolute Gasteiger partial charge is 0.257 e. The number of aromatic nitrogens is 1. The van der Waals surface area contributed by atoms with Crippen LogP contribution in [0.5, 0.6) is 0 Å². The van der Waals surface area contributed by atoms with Gasteiger partial charge in [-0.05, 0) is 43.2 Å². The minimum atomic E-state index is -0.222. The van der Waals surface area contributed by atoms with Crippen molar-refractivity contribution >= 4 is 29.0 Å². The van der Waals surface area contributed by atoms with Crippen LogP contribution in [0.2, 0.25) is 0 Å². The SMILES string of the molecule is CC(=O)Nc1cccc(NC(=O)c2ccc(N3CCCCCC3)nc2)c1. The summed E-state index contributed by atoms with van der Waals surface area (Å²) in [4.78, 5) is 30.3. The maximum Gasteiger partial charge on any atom is 0.257 e. The van der Waals surface area contributed by atoms with Crippen LogP contribution in [0, 0.1) is 0 Å². The first-order valence-corrected chi connectivity index (χ1v) is 9.02. The highest BCUT2D eigenvalue weighted by atomic mass is 16.2. The van der Waals surface area contributed by atoms with Crippen molar-refractivity contribution in [1.29, 1.82) is 0 Å². The highest BCUT2D eigenvalue weighted by Gasteiger charge is 2.13. The summed E-state index contributed by atoms with van der Waals surface area (Å²) in [6.07, 6.45) is 6.54. The molecule has 0 aliphatic carbocycles. The molecule has 0 saturated carbocycles. The lowest BCUT2D eigenvalue weighted by atomic mass is 10.2. The van der Waals surface area contributed by atoms with Crippen molar-refractivity contribution < 1.29 is 9.59 Å². The average Bonchev–Trinajstić information content (AvgIpc) is 2.91. The van der Waals surface area contributed by atoms with Crippen molar-refractivity contribution in [3.8, 4) is 0 Å². The number of hydrogen-bond donors (Lipinski definition) is 2. The van der Waals surface area contributed by atoms with E-state index >= 15 is 0 Å². The Balaban J connectivity index is 1.65. The maximum absolute atomic E-state index is 12.4. The standard InChI is InChI=1S/C20H24N4O2/c1-15(25)22-17-7-6-8-18(13-17)23-20(26)16-9-10-19(21-14-16)24-11-4-2-3-5-12-24/h6-10,13-14H,2-5,11-12H2,1H3,(H,22,25)(H,23,26). The Hall–Kier alpha value is -2.89. The van der Waals surface area contributed by atoms with Gasteiger partial charge in [-0.25, -0.2) is 4.98 Å². The van der Waals surface area contributed by atoms with Gasteiger partial charge in [0.1, 0.15) is 5.82 Å². The number of nitrogens with zero attached hydrogens (tertiary/aromatic N) is 2. The second-order valence-electron chi connectivity index (χ2n) is 6.52. The molecule has 6 heteroatoms. The van der Waals surface area contributed by atoms with E-state index < -0.39 is 0 Å². The quantitative estimate of drug-likeness (QED) is 0.880. The first-order valence-electron chi connectivity index (χ1n) is 9.02. The summed E-state index contributed by atoms with van der Waals surface area (Å²) in [5, 5.41) is 5.54. The monoisotopic (exact) mass is 352 g/mol. The summed E-state index contributed by atoms with van der Waals surface area (Å²) in [5.74, 6) is 0.553. The molecule has 2 N–H and O–H groups in total. The summed E-state index contributed by atoms with van der Waals surface area (Å²) in [7, 11) is 0. The Bertz CT molecular complexity index is 766. The number of rotatable bonds is 4. The largest absolute Gasteiger partial charge is 0.357 e. The zero-order valence-electron chi connectivity index (χ0n) is 15.0. The molecule has 1 saturated heterocycles. The van der Waals surface area contributed by atoms with E-state index in [-0.39, 0.29) is 11.8 Å². The summed E-state index contributed by atoms with van der Waals surface area (Å²) in [6.45, 7) is 3.49. The van der Waals surface area contributed by atoms with Gasteiger partial charge in [0.25, 0.3) is 5.91 Å². The molecule has 26 heavy (non-hydrogen) atoms. The predicted molar refractivity (Wildman–Crippen MR) is 104 cm³/mol. The van der Waals surface area contributed by atoms with Crippen LogP contribution in [0.15, 0.2) is 42.6 Å². The third kappa shape index (κ3) is 4.81. The van der Waals surface area contributed by atoms with Gasteiger partial charge in [-0.2, -0.15) is 0 Å². The van der Waals surface area contributed by atoms with E-state index in [0.717, 1.165) is 18.9 Å². The molecule has 1 aliphatic rings. The number of benzene rings is 1. The fourth-order valence-corrected chi connectivity index (χ4v) is 3.09. The van der Waals surface area contributed by atoms with Crippen molar-refractivity contribution in [2.24, 2.45) is 0 Å². The number of pyridine rings is 1. The van der Waals surface area contributed by atoms with Gasteiger partial charge in [0.05, 0.1) is 5.56 Å². The molecule has 2 heterocycles. The Morgan fingerprint density at radius 3 is 2.27 bits per heavy atom. The summed E-state index contributed by atoms with van der Waals surface area (Å²) in [6, 6.07) is 10.8. The first-order chi connectivity index (χ1) is 12.6. The van der Waals surface area contributed by atoms with Crippen molar-refractivity contribution in [2.45, 2.75) is 32.6 Å². The Morgan fingerprint density at radius 1 is 0.962 bits per heavy atom. The number of nitrogens with one attached hydrogen (secondary N) is 2. The Morgan fingerprint density at radius 2 is 1.65 bits per heavy atom. The Labute approximate surface area is 153 Å². The van der Waals surface area contributed by atoms with Gasteiger partial charge in [-0.15, -0.1) is 0 Å². The van der Waals surface area contributed by atoms with Gasteiger partial charge in [0, 0.05) is 37.6 Å². The van der Waals surface area contributed by atoms with Crippen LogP contribution >= 0.6 is 0 Å². The molecular formula is C20H24N4O2. The highest BCUT2D eigenvalue weighted by Crippen LogP contribution is 2.19. The lowest BCUT2D eigenvalue weighted by Gasteiger charge is -2.21. The molecule has 6 nitrogen and oxygen atoms in total. The van der Waals surface area contributed by atoms with E-state index in [1.54, 1.807) is 36.5 Å². The molecule has 0 bridgehead atoms. The molecule has 2 amide bonds. The van der Waals surface area contributed by atoms with Crippen molar-refractivity contribution in [3.05, 3.63) is 48.2 Å². The number of hydrogen-bond acceptors (Lipinski definition) is 4. The minimum absolute atomic E-state index is 0.151. The molecule has 1 aromatic carbocycles. The molecular weight excluding hydrogens is 328 g/mol. The molecule has 2 aromatic rings.